The van der Waals surface area contributed by atoms with Crippen molar-refractivity contribution in [1.29, 1.82) is 0 Å². The second-order valence-corrected chi connectivity index (χ2v) is 8.34. The largest absolute Gasteiger partial charge is 0.497 e. The summed E-state index contributed by atoms with van der Waals surface area (Å²) in [6, 6.07) is 21.7. The Kier molecular flexibility index (Phi) is 7.85. The molecule has 8 nitrogen and oxygen atoms in total. The highest BCUT2D eigenvalue weighted by atomic mass is 16.5. The topological polar surface area (TPSA) is 94.2 Å². The number of anilines is 2. The third-order valence-electron chi connectivity index (χ3n) is 5.92. The molecule has 0 spiro atoms. The third kappa shape index (κ3) is 6.02. The van der Waals surface area contributed by atoms with E-state index in [0.717, 1.165) is 17.7 Å². The summed E-state index contributed by atoms with van der Waals surface area (Å²) in [5.41, 5.74) is 2.35. The van der Waals surface area contributed by atoms with E-state index < -0.39 is 24.4 Å². The molecule has 0 radical (unpaired) electrons. The van der Waals surface area contributed by atoms with Gasteiger partial charge in [0.1, 0.15) is 17.2 Å². The van der Waals surface area contributed by atoms with E-state index in [-0.39, 0.29) is 18.9 Å². The second-order valence-electron chi connectivity index (χ2n) is 8.34. The number of amides is 2. The minimum atomic E-state index is -0.636. The average molecular weight is 489 g/mol. The zero-order valence-corrected chi connectivity index (χ0v) is 20.2. The SMILES string of the molecule is CCc1ccccc1NC(=O)COC(=O)[C@H]1CC(=O)N(c2ccc(Oc3ccc(OC)cc3)cc2)C1. The molecule has 2 amide bonds. The number of hydrogen-bond acceptors (Lipinski definition) is 6. The summed E-state index contributed by atoms with van der Waals surface area (Å²) in [5, 5.41) is 2.77. The molecular weight excluding hydrogens is 460 g/mol. The number of carbonyl (C=O) groups excluding carboxylic acids is 3. The molecule has 0 unspecified atom stereocenters. The van der Waals surface area contributed by atoms with Crippen molar-refractivity contribution in [2.24, 2.45) is 5.92 Å². The Hall–Kier alpha value is -4.33. The van der Waals surface area contributed by atoms with Gasteiger partial charge in [0.25, 0.3) is 5.91 Å². The predicted molar refractivity (Wildman–Crippen MR) is 135 cm³/mol. The van der Waals surface area contributed by atoms with Gasteiger partial charge in [0.2, 0.25) is 5.91 Å². The van der Waals surface area contributed by atoms with Crippen LogP contribution in [0.25, 0.3) is 0 Å². The Balaban J connectivity index is 1.29. The molecular formula is C28H28N2O6. The minimum absolute atomic E-state index is 0.0310. The molecule has 1 saturated heterocycles. The van der Waals surface area contributed by atoms with Crippen molar-refractivity contribution in [3.05, 3.63) is 78.4 Å². The van der Waals surface area contributed by atoms with E-state index in [0.29, 0.717) is 22.9 Å². The Morgan fingerprint density at radius 3 is 2.25 bits per heavy atom. The maximum Gasteiger partial charge on any atom is 0.311 e. The fourth-order valence-electron chi connectivity index (χ4n) is 3.98. The summed E-state index contributed by atoms with van der Waals surface area (Å²) in [6.07, 6.45) is 0.800. The number of hydrogen-bond donors (Lipinski definition) is 1. The Bertz CT molecular complexity index is 1220. The first-order chi connectivity index (χ1) is 17.5. The molecule has 1 aliphatic heterocycles. The van der Waals surface area contributed by atoms with Gasteiger partial charge in [-0.3, -0.25) is 14.4 Å². The summed E-state index contributed by atoms with van der Waals surface area (Å²) >= 11 is 0. The monoisotopic (exact) mass is 488 g/mol. The molecule has 36 heavy (non-hydrogen) atoms. The van der Waals surface area contributed by atoms with E-state index in [1.807, 2.05) is 25.1 Å². The zero-order chi connectivity index (χ0) is 25.5. The minimum Gasteiger partial charge on any atom is -0.497 e. The van der Waals surface area contributed by atoms with Gasteiger partial charge < -0.3 is 24.4 Å². The van der Waals surface area contributed by atoms with Crippen LogP contribution in [0.3, 0.4) is 0 Å². The lowest BCUT2D eigenvalue weighted by molar-refractivity contribution is -0.151. The molecule has 4 rings (SSSR count). The fraction of sp³-hybridized carbons (Fsp3) is 0.250. The van der Waals surface area contributed by atoms with Crippen LogP contribution in [0.1, 0.15) is 18.9 Å². The van der Waals surface area contributed by atoms with Gasteiger partial charge in [-0.15, -0.1) is 0 Å². The van der Waals surface area contributed by atoms with Gasteiger partial charge in [-0.25, -0.2) is 0 Å². The van der Waals surface area contributed by atoms with Crippen LogP contribution in [0.5, 0.6) is 17.2 Å². The first kappa shape index (κ1) is 24.8. The summed E-state index contributed by atoms with van der Waals surface area (Å²) < 4.78 is 16.2. The van der Waals surface area contributed by atoms with E-state index in [4.69, 9.17) is 14.2 Å². The molecule has 8 heteroatoms. The number of rotatable bonds is 9. The third-order valence-corrected chi connectivity index (χ3v) is 5.92. The van der Waals surface area contributed by atoms with Gasteiger partial charge in [-0.05, 0) is 66.6 Å². The van der Waals surface area contributed by atoms with Gasteiger partial charge in [-0.1, -0.05) is 25.1 Å². The second kappa shape index (κ2) is 11.4. The highest BCUT2D eigenvalue weighted by Gasteiger charge is 2.36. The highest BCUT2D eigenvalue weighted by Crippen LogP contribution is 2.29. The summed E-state index contributed by atoms with van der Waals surface area (Å²) in [6.45, 7) is 1.78. The average Bonchev–Trinajstić information content (AvgIpc) is 3.30. The summed E-state index contributed by atoms with van der Waals surface area (Å²) in [7, 11) is 1.60. The summed E-state index contributed by atoms with van der Waals surface area (Å²) in [5.74, 6) is 0.210. The Labute approximate surface area is 209 Å². The number of carbonyl (C=O) groups is 3. The normalized spacial score (nSPS) is 14.9. The van der Waals surface area contributed by atoms with Crippen LogP contribution in [0.15, 0.2) is 72.8 Å². The number of methoxy groups -OCH3 is 1. The lowest BCUT2D eigenvalue weighted by Crippen LogP contribution is -2.28. The fourth-order valence-corrected chi connectivity index (χ4v) is 3.98. The van der Waals surface area contributed by atoms with E-state index in [1.54, 1.807) is 66.6 Å². The first-order valence-electron chi connectivity index (χ1n) is 11.7. The van der Waals surface area contributed by atoms with Gasteiger partial charge in [-0.2, -0.15) is 0 Å². The van der Waals surface area contributed by atoms with E-state index in [9.17, 15) is 14.4 Å². The van der Waals surface area contributed by atoms with Crippen LogP contribution >= 0.6 is 0 Å². The van der Waals surface area contributed by atoms with Crippen molar-refractivity contribution >= 4 is 29.2 Å². The van der Waals surface area contributed by atoms with Crippen LogP contribution in [-0.2, 0) is 25.5 Å². The number of esters is 1. The van der Waals surface area contributed by atoms with Crippen LogP contribution in [0.4, 0.5) is 11.4 Å². The standard InChI is InChI=1S/C28H28N2O6/c1-3-19-6-4-5-7-25(19)29-26(31)18-35-28(33)20-16-27(32)30(17-20)21-8-10-23(11-9-21)36-24-14-12-22(34-2)13-15-24/h4-15,20H,3,16-18H2,1-2H3,(H,29,31)/t20-/m0/s1. The van der Waals surface area contributed by atoms with Gasteiger partial charge in [0.05, 0.1) is 13.0 Å². The number of nitrogens with one attached hydrogen (secondary N) is 1. The quantitative estimate of drug-likeness (QED) is 0.443. The van der Waals surface area contributed by atoms with E-state index >= 15 is 0 Å². The first-order valence-corrected chi connectivity index (χ1v) is 11.7. The molecule has 0 saturated carbocycles. The summed E-state index contributed by atoms with van der Waals surface area (Å²) in [4.78, 5) is 38.9. The molecule has 3 aromatic rings. The predicted octanol–water partition coefficient (Wildman–Crippen LogP) is 4.58. The van der Waals surface area contributed by atoms with Gasteiger partial charge in [0.15, 0.2) is 6.61 Å². The van der Waals surface area contributed by atoms with Crippen LogP contribution in [0.2, 0.25) is 0 Å². The molecule has 1 N–H and O–H groups in total. The molecule has 1 atom stereocenters. The van der Waals surface area contributed by atoms with Crippen molar-refractivity contribution in [3.8, 4) is 17.2 Å². The molecule has 1 aliphatic rings. The van der Waals surface area contributed by atoms with Crippen molar-refractivity contribution in [1.82, 2.24) is 0 Å². The molecule has 1 heterocycles. The van der Waals surface area contributed by atoms with E-state index in [1.165, 1.54) is 0 Å². The Morgan fingerprint density at radius 2 is 1.58 bits per heavy atom. The Morgan fingerprint density at radius 1 is 0.944 bits per heavy atom. The van der Waals surface area contributed by atoms with Gasteiger partial charge in [0, 0.05) is 24.3 Å². The van der Waals surface area contributed by atoms with E-state index in [2.05, 4.69) is 5.32 Å². The molecule has 186 valence electrons. The maximum absolute atomic E-state index is 12.6. The maximum atomic E-state index is 12.6. The molecule has 1 fully saturated rings. The lowest BCUT2D eigenvalue weighted by atomic mass is 10.1. The number of para-hydroxylation sites is 1. The molecule has 0 bridgehead atoms. The number of ether oxygens (including phenoxy) is 3. The van der Waals surface area contributed by atoms with Crippen LogP contribution < -0.4 is 19.7 Å². The number of benzene rings is 3. The number of nitrogens with zero attached hydrogens (tertiary/aromatic N) is 1. The number of aryl methyl sites for hydroxylation is 1. The van der Waals surface area contributed by atoms with Crippen molar-refractivity contribution in [2.75, 3.05) is 30.5 Å². The zero-order valence-electron chi connectivity index (χ0n) is 20.2. The van der Waals surface area contributed by atoms with Gasteiger partial charge >= 0.3 is 5.97 Å². The van der Waals surface area contributed by atoms with Crippen LogP contribution in [-0.4, -0.2) is 38.0 Å². The van der Waals surface area contributed by atoms with Crippen molar-refractivity contribution < 1.29 is 28.6 Å². The molecule has 0 aliphatic carbocycles. The van der Waals surface area contributed by atoms with Crippen molar-refractivity contribution in [3.63, 3.8) is 0 Å². The molecule has 0 aromatic heterocycles. The smallest absolute Gasteiger partial charge is 0.311 e. The molecule has 3 aromatic carbocycles. The lowest BCUT2D eigenvalue weighted by Gasteiger charge is -2.17. The highest BCUT2D eigenvalue weighted by molar-refractivity contribution is 6.00. The van der Waals surface area contributed by atoms with Crippen molar-refractivity contribution in [2.45, 2.75) is 19.8 Å². The van der Waals surface area contributed by atoms with Crippen LogP contribution in [0, 0.1) is 5.92 Å².